The zero-order valence-electron chi connectivity index (χ0n) is 24.5. The van der Waals surface area contributed by atoms with Crippen LogP contribution in [0.3, 0.4) is 0 Å². The van der Waals surface area contributed by atoms with Gasteiger partial charge in [-0.25, -0.2) is 9.59 Å². The molecule has 11 heteroatoms. The Balaban J connectivity index is 1.61. The minimum Gasteiger partial charge on any atom is -0.463 e. The molecule has 1 fully saturated rings. The van der Waals surface area contributed by atoms with Gasteiger partial charge in [0.05, 0.1) is 23.8 Å². The highest BCUT2D eigenvalue weighted by molar-refractivity contribution is 5.96. The Bertz CT molecular complexity index is 1370. The van der Waals surface area contributed by atoms with Crippen LogP contribution in [0, 0.1) is 13.8 Å². The minimum absolute atomic E-state index is 0.178. The van der Waals surface area contributed by atoms with Crippen LogP contribution in [0.4, 0.5) is 18.0 Å². The van der Waals surface area contributed by atoms with Gasteiger partial charge in [-0.1, -0.05) is 23.8 Å². The number of likely N-dealkylation sites (N-methyl/N-ethyl adjacent to an activating group) is 1. The van der Waals surface area contributed by atoms with E-state index < -0.39 is 23.8 Å². The highest BCUT2D eigenvalue weighted by Crippen LogP contribution is 2.34. The summed E-state index contributed by atoms with van der Waals surface area (Å²) < 4.78 is 44.4. The van der Waals surface area contributed by atoms with Crippen LogP contribution in [0.25, 0.3) is 0 Å². The van der Waals surface area contributed by atoms with Crippen molar-refractivity contribution in [3.05, 3.63) is 81.6 Å². The molecule has 226 valence electrons. The number of nitrogens with zero attached hydrogens (tertiary/aromatic N) is 3. The van der Waals surface area contributed by atoms with Crippen LogP contribution in [0.15, 0.2) is 53.7 Å². The summed E-state index contributed by atoms with van der Waals surface area (Å²) >= 11 is 0. The number of halogens is 3. The molecule has 8 nitrogen and oxygen atoms in total. The van der Waals surface area contributed by atoms with Crippen molar-refractivity contribution in [2.75, 3.05) is 39.3 Å². The molecule has 2 aliphatic rings. The van der Waals surface area contributed by atoms with Gasteiger partial charge in [0.15, 0.2) is 0 Å². The monoisotopic (exact) mass is 586 g/mol. The predicted octanol–water partition coefficient (Wildman–Crippen LogP) is 5.07. The minimum atomic E-state index is -4.48. The topological polar surface area (TPSA) is 82.2 Å². The van der Waals surface area contributed by atoms with E-state index in [9.17, 15) is 27.6 Å². The van der Waals surface area contributed by atoms with E-state index in [4.69, 9.17) is 4.74 Å². The molecule has 1 saturated heterocycles. The largest absolute Gasteiger partial charge is 0.463 e. The van der Waals surface area contributed by atoms with E-state index in [-0.39, 0.29) is 36.7 Å². The number of piperazine rings is 1. The molecule has 2 unspecified atom stereocenters. The van der Waals surface area contributed by atoms with Gasteiger partial charge in [-0.3, -0.25) is 14.6 Å². The van der Waals surface area contributed by atoms with E-state index in [1.54, 1.807) is 16.7 Å². The van der Waals surface area contributed by atoms with Crippen LogP contribution in [0.2, 0.25) is 0 Å². The van der Waals surface area contributed by atoms with Crippen molar-refractivity contribution >= 4 is 17.9 Å². The van der Waals surface area contributed by atoms with Crippen LogP contribution in [-0.2, 0) is 15.7 Å². The zero-order chi connectivity index (χ0) is 30.8. The van der Waals surface area contributed by atoms with Crippen molar-refractivity contribution in [3.63, 3.8) is 0 Å². The van der Waals surface area contributed by atoms with E-state index in [1.807, 2.05) is 45.9 Å². The fourth-order valence-corrected chi connectivity index (χ4v) is 5.62. The Kier molecular flexibility index (Phi) is 9.30. The average Bonchev–Trinajstić information content (AvgIpc) is 2.93. The lowest BCUT2D eigenvalue weighted by Crippen LogP contribution is -2.56. The molecule has 2 aromatic rings. The number of hydrogen-bond donors (Lipinski definition) is 1. The van der Waals surface area contributed by atoms with Gasteiger partial charge in [-0.2, -0.15) is 13.2 Å². The standard InChI is InChI=1S/C31H37F3N4O4/c1-6-37-25(26(29(40)42-7-2)27(35-30(37)41)24-16-19(3)8-9-20(24)4)18-36-14-15-38(21(5)17-36)28(39)22-10-12-23(13-11-22)31(32,33)34/h8-13,16,21,27H,6-7,14-15,17-18H2,1-5H3,(H,35,41). The zero-order valence-corrected chi connectivity index (χ0v) is 24.5. The number of hydrogen-bond acceptors (Lipinski definition) is 5. The molecule has 0 bridgehead atoms. The normalized spacial score (nSPS) is 20.0. The number of rotatable bonds is 7. The third kappa shape index (κ3) is 6.46. The van der Waals surface area contributed by atoms with Gasteiger partial charge in [-0.05, 0) is 70.0 Å². The number of carbonyl (C=O) groups is 3. The van der Waals surface area contributed by atoms with Crippen LogP contribution < -0.4 is 5.32 Å². The van der Waals surface area contributed by atoms with E-state index >= 15 is 0 Å². The second-order valence-corrected chi connectivity index (χ2v) is 10.7. The van der Waals surface area contributed by atoms with E-state index in [1.165, 1.54) is 12.1 Å². The van der Waals surface area contributed by atoms with Crippen LogP contribution >= 0.6 is 0 Å². The molecular formula is C31H37F3N4O4. The maximum atomic E-state index is 13.4. The van der Waals surface area contributed by atoms with Gasteiger partial charge in [0.25, 0.3) is 5.91 Å². The molecule has 0 spiro atoms. The molecule has 2 heterocycles. The molecule has 2 aliphatic heterocycles. The smallest absolute Gasteiger partial charge is 0.416 e. The highest BCUT2D eigenvalue weighted by Gasteiger charge is 2.40. The molecule has 0 saturated carbocycles. The van der Waals surface area contributed by atoms with Crippen LogP contribution in [0.5, 0.6) is 0 Å². The summed E-state index contributed by atoms with van der Waals surface area (Å²) in [4.78, 5) is 45.2. The third-order valence-corrected chi connectivity index (χ3v) is 7.80. The third-order valence-electron chi connectivity index (χ3n) is 7.80. The van der Waals surface area contributed by atoms with Crippen LogP contribution in [-0.4, -0.2) is 78.0 Å². The summed E-state index contributed by atoms with van der Waals surface area (Å²) in [5.74, 6) is -0.842. The first kappa shape index (κ1) is 31.1. The Hall–Kier alpha value is -3.86. The van der Waals surface area contributed by atoms with Crippen molar-refractivity contribution in [2.24, 2.45) is 0 Å². The first-order chi connectivity index (χ1) is 19.8. The molecular weight excluding hydrogens is 549 g/mol. The van der Waals surface area contributed by atoms with Gasteiger partial charge in [0.1, 0.15) is 0 Å². The second-order valence-electron chi connectivity index (χ2n) is 10.7. The van der Waals surface area contributed by atoms with Crippen molar-refractivity contribution in [3.8, 4) is 0 Å². The number of aryl methyl sites for hydroxylation is 2. The number of benzene rings is 2. The summed E-state index contributed by atoms with van der Waals surface area (Å²) in [5, 5.41) is 3.01. The summed E-state index contributed by atoms with van der Waals surface area (Å²) in [6.07, 6.45) is -4.48. The Labute approximate surface area is 244 Å². The van der Waals surface area contributed by atoms with Gasteiger partial charge in [0, 0.05) is 50.0 Å². The van der Waals surface area contributed by atoms with E-state index in [2.05, 4.69) is 10.2 Å². The van der Waals surface area contributed by atoms with Crippen molar-refractivity contribution in [1.29, 1.82) is 0 Å². The second kappa shape index (κ2) is 12.6. The number of esters is 1. The molecule has 0 radical (unpaired) electrons. The van der Waals surface area contributed by atoms with Crippen molar-refractivity contribution in [2.45, 2.75) is 52.9 Å². The Morgan fingerprint density at radius 3 is 2.33 bits per heavy atom. The molecule has 4 rings (SSSR count). The molecule has 1 N–H and O–H groups in total. The first-order valence-electron chi connectivity index (χ1n) is 14.1. The van der Waals surface area contributed by atoms with Gasteiger partial charge >= 0.3 is 18.2 Å². The number of amides is 3. The summed E-state index contributed by atoms with van der Waals surface area (Å²) in [7, 11) is 0. The maximum Gasteiger partial charge on any atom is 0.416 e. The number of nitrogens with one attached hydrogen (secondary N) is 1. The quantitative estimate of drug-likeness (QED) is 0.458. The highest BCUT2D eigenvalue weighted by atomic mass is 19.4. The van der Waals surface area contributed by atoms with Crippen LogP contribution in [0.1, 0.15) is 59.4 Å². The van der Waals surface area contributed by atoms with E-state index in [0.717, 1.165) is 28.8 Å². The maximum absolute atomic E-state index is 13.4. The van der Waals surface area contributed by atoms with Crippen molar-refractivity contribution < 1.29 is 32.3 Å². The average molecular weight is 587 g/mol. The molecule has 42 heavy (non-hydrogen) atoms. The van der Waals surface area contributed by atoms with Crippen molar-refractivity contribution in [1.82, 2.24) is 20.0 Å². The fourth-order valence-electron chi connectivity index (χ4n) is 5.62. The Morgan fingerprint density at radius 2 is 1.74 bits per heavy atom. The molecule has 0 aliphatic carbocycles. The summed E-state index contributed by atoms with van der Waals surface area (Å²) in [5.41, 5.74) is 3.06. The Morgan fingerprint density at radius 1 is 1.05 bits per heavy atom. The molecule has 0 aromatic heterocycles. The number of carbonyl (C=O) groups excluding carboxylic acids is 3. The summed E-state index contributed by atoms with van der Waals surface area (Å²) in [6, 6.07) is 8.87. The lowest BCUT2D eigenvalue weighted by Gasteiger charge is -2.43. The van der Waals surface area contributed by atoms with Gasteiger partial charge in [-0.15, -0.1) is 0 Å². The fraction of sp³-hybridized carbons (Fsp3) is 0.452. The molecule has 3 amide bonds. The molecule has 2 atom stereocenters. The predicted molar refractivity (Wildman–Crippen MR) is 152 cm³/mol. The SMILES string of the molecule is CCOC(=O)C1=C(CN2CCN(C(=O)c3ccc(C(F)(F)F)cc3)C(C)C2)N(CC)C(=O)NC1c1cc(C)ccc1C. The molecule has 2 aromatic carbocycles. The summed E-state index contributed by atoms with van der Waals surface area (Å²) in [6.45, 7) is 11.4. The van der Waals surface area contributed by atoms with Gasteiger partial charge < -0.3 is 15.0 Å². The first-order valence-corrected chi connectivity index (χ1v) is 14.1. The number of ether oxygens (including phenoxy) is 1. The lowest BCUT2D eigenvalue weighted by atomic mass is 9.90. The lowest BCUT2D eigenvalue weighted by molar-refractivity contribution is -0.139. The van der Waals surface area contributed by atoms with Gasteiger partial charge in [0.2, 0.25) is 0 Å². The number of alkyl halides is 3. The van der Waals surface area contributed by atoms with E-state index in [0.29, 0.717) is 37.4 Å². The number of urea groups is 1.